The summed E-state index contributed by atoms with van der Waals surface area (Å²) in [6.07, 6.45) is 6.95. The number of piperazine rings is 1. The smallest absolute Gasteiger partial charge is 0.222 e. The Morgan fingerprint density at radius 3 is 2.38 bits per heavy atom. The van der Waals surface area contributed by atoms with E-state index in [0.29, 0.717) is 11.8 Å². The average molecular weight is 399 g/mol. The highest BCUT2D eigenvalue weighted by Gasteiger charge is 2.29. The van der Waals surface area contributed by atoms with Gasteiger partial charge in [-0.2, -0.15) is 0 Å². The normalized spacial score (nSPS) is 25.3. The molecule has 3 saturated heterocycles. The molecule has 5 nitrogen and oxygen atoms in total. The summed E-state index contributed by atoms with van der Waals surface area (Å²) >= 11 is 0. The first-order valence-corrected chi connectivity index (χ1v) is 11.7. The number of para-hydroxylation sites is 1. The van der Waals surface area contributed by atoms with Crippen LogP contribution in [0.25, 0.3) is 0 Å². The Morgan fingerprint density at radius 2 is 1.66 bits per heavy atom. The van der Waals surface area contributed by atoms with Crippen LogP contribution in [0.5, 0.6) is 0 Å². The third kappa shape index (κ3) is 5.52. The Balaban J connectivity index is 1.20. The molecule has 0 saturated carbocycles. The molecule has 0 aliphatic carbocycles. The van der Waals surface area contributed by atoms with Crippen LogP contribution in [0.4, 0.5) is 5.69 Å². The fourth-order valence-corrected chi connectivity index (χ4v) is 5.33. The van der Waals surface area contributed by atoms with Crippen LogP contribution in [-0.4, -0.2) is 86.1 Å². The number of nitrogens with zero attached hydrogens (tertiary/aromatic N) is 4. The minimum atomic E-state index is 0.381. The van der Waals surface area contributed by atoms with Gasteiger partial charge in [0.15, 0.2) is 0 Å². The molecule has 0 N–H and O–H groups in total. The lowest BCUT2D eigenvalue weighted by molar-refractivity contribution is -0.133. The lowest BCUT2D eigenvalue weighted by Crippen LogP contribution is -2.49. The molecule has 0 unspecified atom stereocenters. The molecule has 3 aliphatic heterocycles. The fourth-order valence-electron chi connectivity index (χ4n) is 5.33. The van der Waals surface area contributed by atoms with Gasteiger partial charge in [0.1, 0.15) is 0 Å². The average Bonchev–Trinajstić information content (AvgIpc) is 2.79. The van der Waals surface area contributed by atoms with Crippen LogP contribution in [0.2, 0.25) is 0 Å². The van der Waals surface area contributed by atoms with E-state index in [1.165, 1.54) is 44.5 Å². The summed E-state index contributed by atoms with van der Waals surface area (Å²) in [6, 6.07) is 11.6. The summed E-state index contributed by atoms with van der Waals surface area (Å²) in [5.74, 6) is 1.08. The summed E-state index contributed by atoms with van der Waals surface area (Å²) < 4.78 is 0. The number of amides is 1. The van der Waals surface area contributed by atoms with Crippen molar-refractivity contribution < 1.29 is 4.79 Å². The molecule has 5 heteroatoms. The number of hydrogen-bond acceptors (Lipinski definition) is 4. The first-order chi connectivity index (χ1) is 14.2. The molecule has 1 aromatic rings. The van der Waals surface area contributed by atoms with Gasteiger partial charge in [0.2, 0.25) is 5.91 Å². The van der Waals surface area contributed by atoms with Crippen molar-refractivity contribution in [2.45, 2.75) is 44.6 Å². The maximum absolute atomic E-state index is 12.6. The van der Waals surface area contributed by atoms with Gasteiger partial charge in [-0.3, -0.25) is 9.69 Å². The summed E-state index contributed by atoms with van der Waals surface area (Å²) in [4.78, 5) is 22.3. The summed E-state index contributed by atoms with van der Waals surface area (Å²) in [5, 5.41) is 0. The molecule has 1 amide bonds. The van der Waals surface area contributed by atoms with Gasteiger partial charge in [-0.25, -0.2) is 0 Å². The van der Waals surface area contributed by atoms with E-state index in [0.717, 1.165) is 58.2 Å². The zero-order valence-corrected chi connectivity index (χ0v) is 18.1. The van der Waals surface area contributed by atoms with Gasteiger partial charge in [0.05, 0.1) is 0 Å². The van der Waals surface area contributed by atoms with E-state index in [2.05, 4.69) is 57.0 Å². The third-order valence-electron chi connectivity index (χ3n) is 7.28. The van der Waals surface area contributed by atoms with E-state index >= 15 is 0 Å². The van der Waals surface area contributed by atoms with Crippen molar-refractivity contribution in [1.82, 2.24) is 14.7 Å². The lowest BCUT2D eigenvalue weighted by atomic mass is 9.90. The predicted octanol–water partition coefficient (Wildman–Crippen LogP) is 2.92. The minimum Gasteiger partial charge on any atom is -0.371 e. The number of carbonyl (C=O) groups excluding carboxylic acids is 1. The Labute approximate surface area is 176 Å². The molecule has 1 atom stereocenters. The molecular weight excluding hydrogens is 360 g/mol. The van der Waals surface area contributed by atoms with Crippen molar-refractivity contribution in [3.05, 3.63) is 30.3 Å². The molecule has 3 heterocycles. The van der Waals surface area contributed by atoms with Crippen molar-refractivity contribution in [3.8, 4) is 0 Å². The van der Waals surface area contributed by atoms with E-state index in [9.17, 15) is 4.79 Å². The van der Waals surface area contributed by atoms with Crippen LogP contribution in [0.15, 0.2) is 30.3 Å². The van der Waals surface area contributed by atoms with Gasteiger partial charge in [0, 0.05) is 64.0 Å². The Kier molecular flexibility index (Phi) is 7.09. The predicted molar refractivity (Wildman–Crippen MR) is 119 cm³/mol. The van der Waals surface area contributed by atoms with Crippen LogP contribution >= 0.6 is 0 Å². The van der Waals surface area contributed by atoms with Crippen LogP contribution in [-0.2, 0) is 4.79 Å². The maximum atomic E-state index is 12.6. The van der Waals surface area contributed by atoms with Gasteiger partial charge in [-0.1, -0.05) is 18.2 Å². The van der Waals surface area contributed by atoms with Crippen molar-refractivity contribution >= 4 is 11.6 Å². The number of piperidine rings is 2. The van der Waals surface area contributed by atoms with E-state index in [1.807, 2.05) is 0 Å². The van der Waals surface area contributed by atoms with Crippen LogP contribution < -0.4 is 4.90 Å². The molecule has 29 heavy (non-hydrogen) atoms. The topological polar surface area (TPSA) is 30.0 Å². The van der Waals surface area contributed by atoms with Gasteiger partial charge >= 0.3 is 0 Å². The summed E-state index contributed by atoms with van der Waals surface area (Å²) in [6.45, 7) is 8.63. The molecule has 0 aromatic heterocycles. The number of benzene rings is 1. The van der Waals surface area contributed by atoms with Crippen molar-refractivity contribution in [2.75, 3.05) is 64.3 Å². The van der Waals surface area contributed by atoms with Crippen LogP contribution in [0.1, 0.15) is 38.5 Å². The molecule has 0 spiro atoms. The highest BCUT2D eigenvalue weighted by molar-refractivity contribution is 5.76. The van der Waals surface area contributed by atoms with Crippen molar-refractivity contribution in [1.29, 1.82) is 0 Å². The fraction of sp³-hybridized carbons (Fsp3) is 0.708. The van der Waals surface area contributed by atoms with E-state index in [-0.39, 0.29) is 0 Å². The number of anilines is 1. The maximum Gasteiger partial charge on any atom is 0.222 e. The van der Waals surface area contributed by atoms with Crippen molar-refractivity contribution in [3.63, 3.8) is 0 Å². The molecular formula is C24H38N4O. The SMILES string of the molecule is CN1CCN(C(=O)CC[C@@H]2CCCN(C3CCN(c4ccccc4)CC3)C2)CC1. The number of likely N-dealkylation sites (N-methyl/N-ethyl adjacent to an activating group) is 1. The number of hydrogen-bond donors (Lipinski definition) is 0. The molecule has 3 aliphatic rings. The Hall–Kier alpha value is -1.59. The number of carbonyl (C=O) groups is 1. The van der Waals surface area contributed by atoms with Gasteiger partial charge in [0.25, 0.3) is 0 Å². The molecule has 3 fully saturated rings. The second-order valence-corrected chi connectivity index (χ2v) is 9.28. The molecule has 0 radical (unpaired) electrons. The Bertz CT molecular complexity index is 636. The second kappa shape index (κ2) is 9.94. The number of rotatable bonds is 5. The number of likely N-dealkylation sites (tertiary alicyclic amines) is 1. The molecule has 4 rings (SSSR count). The highest BCUT2D eigenvalue weighted by Crippen LogP contribution is 2.28. The Morgan fingerprint density at radius 1 is 0.931 bits per heavy atom. The monoisotopic (exact) mass is 398 g/mol. The van der Waals surface area contributed by atoms with Gasteiger partial charge in [-0.05, 0) is 63.7 Å². The highest BCUT2D eigenvalue weighted by atomic mass is 16.2. The van der Waals surface area contributed by atoms with Crippen LogP contribution in [0, 0.1) is 5.92 Å². The van der Waals surface area contributed by atoms with Crippen LogP contribution in [0.3, 0.4) is 0 Å². The van der Waals surface area contributed by atoms with Gasteiger partial charge in [-0.15, -0.1) is 0 Å². The first kappa shape index (κ1) is 20.7. The zero-order valence-electron chi connectivity index (χ0n) is 18.1. The molecule has 0 bridgehead atoms. The van der Waals surface area contributed by atoms with Gasteiger partial charge < -0.3 is 14.7 Å². The zero-order chi connectivity index (χ0) is 20.1. The molecule has 160 valence electrons. The third-order valence-corrected chi connectivity index (χ3v) is 7.28. The lowest BCUT2D eigenvalue weighted by Gasteiger charge is -2.43. The van der Waals surface area contributed by atoms with E-state index in [1.54, 1.807) is 0 Å². The summed E-state index contributed by atoms with van der Waals surface area (Å²) in [7, 11) is 2.14. The molecule has 1 aromatic carbocycles. The van der Waals surface area contributed by atoms with E-state index < -0.39 is 0 Å². The standard InChI is InChI=1S/C24H38N4O/c1-25-16-18-27(19-17-25)24(29)10-9-21-6-5-13-28(20-21)23-11-14-26(15-12-23)22-7-3-2-4-8-22/h2-4,7-8,21,23H,5-6,9-20H2,1H3/t21-/m0/s1. The summed E-state index contributed by atoms with van der Waals surface area (Å²) in [5.41, 5.74) is 1.37. The minimum absolute atomic E-state index is 0.381. The van der Waals surface area contributed by atoms with E-state index in [4.69, 9.17) is 0 Å². The second-order valence-electron chi connectivity index (χ2n) is 9.28. The first-order valence-electron chi connectivity index (χ1n) is 11.7. The van der Waals surface area contributed by atoms with Crippen molar-refractivity contribution in [2.24, 2.45) is 5.92 Å². The quantitative estimate of drug-likeness (QED) is 0.763. The largest absolute Gasteiger partial charge is 0.371 e.